The summed E-state index contributed by atoms with van der Waals surface area (Å²) in [6.07, 6.45) is 17.1. The molecule has 0 radical (unpaired) electrons. The Morgan fingerprint density at radius 2 is 1.93 bits per heavy atom. The average molecular weight is 376 g/mol. The van der Waals surface area contributed by atoms with Gasteiger partial charge in [0.25, 0.3) is 0 Å². The Labute approximate surface area is 161 Å². The zero-order valence-electron chi connectivity index (χ0n) is 16.0. The summed E-state index contributed by atoms with van der Waals surface area (Å²) in [5.41, 5.74) is 0. The Bertz CT molecular complexity index is 573. The topological polar surface area (TPSA) is 94.8 Å². The molecule has 1 aliphatic rings. The molecule has 0 aromatic heterocycles. The lowest BCUT2D eigenvalue weighted by Gasteiger charge is -2.16. The first-order chi connectivity index (χ1) is 13.0. The summed E-state index contributed by atoms with van der Waals surface area (Å²) in [6, 6.07) is 0. The van der Waals surface area contributed by atoms with Gasteiger partial charge in [-0.2, -0.15) is 0 Å². The molecule has 3 N–H and O–H groups in total. The first-order valence-corrected chi connectivity index (χ1v) is 9.69. The molecule has 5 heteroatoms. The average Bonchev–Trinajstić information content (AvgIpc) is 2.88. The fourth-order valence-electron chi connectivity index (χ4n) is 3.10. The molecule has 0 aliphatic heterocycles. The van der Waals surface area contributed by atoms with Crippen LogP contribution in [-0.4, -0.2) is 39.3 Å². The third-order valence-corrected chi connectivity index (χ3v) is 4.59. The van der Waals surface area contributed by atoms with Crippen molar-refractivity contribution in [1.29, 1.82) is 0 Å². The van der Waals surface area contributed by atoms with E-state index in [-0.39, 0.29) is 30.5 Å². The summed E-state index contributed by atoms with van der Waals surface area (Å²) in [5, 5.41) is 28.8. The predicted octanol–water partition coefficient (Wildman–Crippen LogP) is 3.58. The first-order valence-electron chi connectivity index (χ1n) is 9.69. The number of aliphatic hydroxyl groups excluding tert-OH is 2. The molecule has 0 amide bonds. The maximum atomic E-state index is 12.1. The van der Waals surface area contributed by atoms with Gasteiger partial charge in [-0.1, -0.05) is 55.5 Å². The highest BCUT2D eigenvalue weighted by atomic mass is 16.4. The number of hydrogen-bond donors (Lipinski definition) is 3. The molecule has 0 aromatic carbocycles. The van der Waals surface area contributed by atoms with Crippen molar-refractivity contribution in [2.24, 2.45) is 11.8 Å². The Hall–Kier alpha value is -1.98. The van der Waals surface area contributed by atoms with Gasteiger partial charge in [-0.3, -0.25) is 9.59 Å². The maximum Gasteiger partial charge on any atom is 0.303 e. The largest absolute Gasteiger partial charge is 0.481 e. The molecule has 0 spiro atoms. The van der Waals surface area contributed by atoms with Crippen LogP contribution in [-0.2, 0) is 9.59 Å². The molecule has 1 fully saturated rings. The van der Waals surface area contributed by atoms with Gasteiger partial charge >= 0.3 is 5.97 Å². The monoisotopic (exact) mass is 376 g/mol. The number of Topliss-reactive ketones (excluding diaryl/α,β-unsaturated/α-hetero) is 1. The number of carbonyl (C=O) groups excluding carboxylic acids is 1. The quantitative estimate of drug-likeness (QED) is 0.453. The SMILES string of the molecule is CC/C=C\C/C=C\C[C@H](O)/C=C/[C@@H]1[C@H](C/C=C\CCC(=O)O)C(=O)C[C@@H]1O. The minimum atomic E-state index is -0.850. The summed E-state index contributed by atoms with van der Waals surface area (Å²) in [6.45, 7) is 2.08. The molecular formula is C22H32O5. The fourth-order valence-corrected chi connectivity index (χ4v) is 3.10. The van der Waals surface area contributed by atoms with Crippen LogP contribution >= 0.6 is 0 Å². The van der Waals surface area contributed by atoms with Crippen molar-refractivity contribution in [3.63, 3.8) is 0 Å². The lowest BCUT2D eigenvalue weighted by atomic mass is 9.90. The van der Waals surface area contributed by atoms with Crippen LogP contribution in [0, 0.1) is 11.8 Å². The number of hydrogen-bond acceptors (Lipinski definition) is 4. The second-order valence-electron chi connectivity index (χ2n) is 6.84. The van der Waals surface area contributed by atoms with Crippen molar-refractivity contribution in [3.05, 3.63) is 48.6 Å². The maximum absolute atomic E-state index is 12.1. The van der Waals surface area contributed by atoms with E-state index in [9.17, 15) is 19.8 Å². The van der Waals surface area contributed by atoms with E-state index in [1.54, 1.807) is 18.2 Å². The van der Waals surface area contributed by atoms with Gasteiger partial charge < -0.3 is 15.3 Å². The Balaban J connectivity index is 2.50. The Morgan fingerprint density at radius 3 is 2.63 bits per heavy atom. The first kappa shape index (κ1) is 23.1. The molecule has 0 saturated heterocycles. The van der Waals surface area contributed by atoms with Crippen LogP contribution in [0.4, 0.5) is 0 Å². The number of aliphatic hydroxyl groups is 2. The summed E-state index contributed by atoms with van der Waals surface area (Å²) >= 11 is 0. The van der Waals surface area contributed by atoms with Gasteiger partial charge in [0.1, 0.15) is 5.78 Å². The molecule has 1 aliphatic carbocycles. The second kappa shape index (κ2) is 13.2. The molecule has 0 aromatic rings. The van der Waals surface area contributed by atoms with Gasteiger partial charge in [0, 0.05) is 24.7 Å². The van der Waals surface area contributed by atoms with E-state index in [1.165, 1.54) is 0 Å². The van der Waals surface area contributed by atoms with E-state index < -0.39 is 18.2 Å². The normalized spacial score (nSPS) is 24.9. The third-order valence-electron chi connectivity index (χ3n) is 4.59. The number of aliphatic carboxylic acids is 1. The minimum absolute atomic E-state index is 0.0112. The number of carbonyl (C=O) groups is 2. The highest BCUT2D eigenvalue weighted by Crippen LogP contribution is 2.33. The van der Waals surface area contributed by atoms with Gasteiger partial charge in [-0.15, -0.1) is 0 Å². The van der Waals surface area contributed by atoms with Crippen LogP contribution in [0.15, 0.2) is 48.6 Å². The van der Waals surface area contributed by atoms with Crippen LogP contribution in [0.2, 0.25) is 0 Å². The summed E-state index contributed by atoms with van der Waals surface area (Å²) in [7, 11) is 0. The molecule has 0 unspecified atom stereocenters. The lowest BCUT2D eigenvalue weighted by molar-refractivity contribution is -0.136. The number of carboxylic acid groups (broad SMARTS) is 1. The van der Waals surface area contributed by atoms with E-state index in [2.05, 4.69) is 19.1 Å². The Morgan fingerprint density at radius 1 is 1.19 bits per heavy atom. The van der Waals surface area contributed by atoms with E-state index in [4.69, 9.17) is 5.11 Å². The zero-order valence-corrected chi connectivity index (χ0v) is 16.0. The molecule has 27 heavy (non-hydrogen) atoms. The summed E-state index contributed by atoms with van der Waals surface area (Å²) < 4.78 is 0. The van der Waals surface area contributed by atoms with Gasteiger partial charge in [0.15, 0.2) is 0 Å². The number of ketones is 1. The molecule has 1 saturated carbocycles. The highest BCUT2D eigenvalue weighted by molar-refractivity contribution is 5.84. The van der Waals surface area contributed by atoms with Crippen LogP contribution in [0.25, 0.3) is 0 Å². The van der Waals surface area contributed by atoms with Crippen molar-refractivity contribution < 1.29 is 24.9 Å². The Kier molecular flexibility index (Phi) is 11.3. The number of allylic oxidation sites excluding steroid dienone is 5. The van der Waals surface area contributed by atoms with Gasteiger partial charge in [-0.05, 0) is 32.1 Å². The van der Waals surface area contributed by atoms with Crippen LogP contribution in [0.1, 0.15) is 51.9 Å². The molecule has 150 valence electrons. The van der Waals surface area contributed by atoms with E-state index in [0.29, 0.717) is 19.3 Å². The van der Waals surface area contributed by atoms with Crippen molar-refractivity contribution >= 4 is 11.8 Å². The number of carboxylic acids is 1. The van der Waals surface area contributed by atoms with Crippen molar-refractivity contribution in [2.45, 2.75) is 64.1 Å². The van der Waals surface area contributed by atoms with Gasteiger partial charge in [0.2, 0.25) is 0 Å². The number of rotatable bonds is 12. The van der Waals surface area contributed by atoms with Gasteiger partial charge in [0.05, 0.1) is 12.2 Å². The van der Waals surface area contributed by atoms with Crippen molar-refractivity contribution in [2.75, 3.05) is 0 Å². The summed E-state index contributed by atoms with van der Waals surface area (Å²) in [5.74, 6) is -1.47. The summed E-state index contributed by atoms with van der Waals surface area (Å²) in [4.78, 5) is 22.6. The molecular weight excluding hydrogens is 344 g/mol. The van der Waals surface area contributed by atoms with Crippen LogP contribution < -0.4 is 0 Å². The predicted molar refractivity (Wildman–Crippen MR) is 106 cm³/mol. The smallest absolute Gasteiger partial charge is 0.303 e. The second-order valence-corrected chi connectivity index (χ2v) is 6.84. The van der Waals surface area contributed by atoms with E-state index >= 15 is 0 Å². The fraction of sp³-hybridized carbons (Fsp3) is 0.545. The molecule has 0 bridgehead atoms. The van der Waals surface area contributed by atoms with Gasteiger partial charge in [-0.25, -0.2) is 0 Å². The van der Waals surface area contributed by atoms with Crippen molar-refractivity contribution in [1.82, 2.24) is 0 Å². The third kappa shape index (κ3) is 9.50. The molecule has 1 rings (SSSR count). The molecule has 5 nitrogen and oxygen atoms in total. The van der Waals surface area contributed by atoms with Crippen LogP contribution in [0.3, 0.4) is 0 Å². The van der Waals surface area contributed by atoms with Crippen molar-refractivity contribution in [3.8, 4) is 0 Å². The van der Waals surface area contributed by atoms with Crippen LogP contribution in [0.5, 0.6) is 0 Å². The van der Waals surface area contributed by atoms with E-state index in [1.807, 2.05) is 18.2 Å². The lowest BCUT2D eigenvalue weighted by Crippen LogP contribution is -2.18. The molecule has 4 atom stereocenters. The van der Waals surface area contributed by atoms with E-state index in [0.717, 1.165) is 12.8 Å². The highest BCUT2D eigenvalue weighted by Gasteiger charge is 2.39. The standard InChI is InChI=1S/C22H32O5/c1-2-3-4-5-6-8-11-17(23)14-15-19-18(20(24)16-21(19)25)12-9-7-10-13-22(26)27/h3-4,6-9,14-15,17-19,21,23,25H,2,5,10-13,16H2,1H3,(H,26,27)/b4-3-,8-6-,9-7-,15-14+/t17-,18-,19+,21-/m0/s1. The zero-order chi connectivity index (χ0) is 20.1. The molecule has 0 heterocycles. The minimum Gasteiger partial charge on any atom is -0.481 e.